The van der Waals surface area contributed by atoms with Gasteiger partial charge in [-0.3, -0.25) is 0 Å². The van der Waals surface area contributed by atoms with Gasteiger partial charge in [-0.05, 0) is 37.1 Å². The highest BCUT2D eigenvalue weighted by Crippen LogP contribution is 2.27. The first kappa shape index (κ1) is 15.4. The summed E-state index contributed by atoms with van der Waals surface area (Å²) in [5, 5.41) is 3.80. The average Bonchev–Trinajstić information content (AvgIpc) is 2.48. The van der Waals surface area contributed by atoms with E-state index < -0.39 is 0 Å². The number of anilines is 1. The molecule has 2 rings (SSSR count). The summed E-state index contributed by atoms with van der Waals surface area (Å²) in [7, 11) is 0. The highest BCUT2D eigenvalue weighted by molar-refractivity contribution is 9.09. The van der Waals surface area contributed by atoms with Gasteiger partial charge in [0.2, 0.25) is 0 Å². The van der Waals surface area contributed by atoms with Gasteiger partial charge in [-0.25, -0.2) is 0 Å². The Balaban J connectivity index is 2.17. The fourth-order valence-electron chi connectivity index (χ4n) is 2.64. The molecule has 0 amide bonds. The van der Waals surface area contributed by atoms with E-state index in [0.29, 0.717) is 0 Å². The van der Waals surface area contributed by atoms with Gasteiger partial charge in [-0.2, -0.15) is 0 Å². The van der Waals surface area contributed by atoms with Crippen molar-refractivity contribution in [1.82, 2.24) is 0 Å². The second-order valence-corrected chi connectivity index (χ2v) is 6.24. The molecule has 0 saturated carbocycles. The molecule has 0 radical (unpaired) electrons. The molecule has 108 valence electrons. The topological polar surface area (TPSA) is 3.24 Å². The van der Waals surface area contributed by atoms with Crippen LogP contribution in [0.15, 0.2) is 42.5 Å². The molecule has 1 unspecified atom stereocenters. The molecule has 0 aliphatic heterocycles. The summed E-state index contributed by atoms with van der Waals surface area (Å²) < 4.78 is 0. The Kier molecular flexibility index (Phi) is 5.90. The number of nitrogens with zero attached hydrogens (tertiary/aromatic N) is 1. The molecule has 2 aromatic rings. The van der Waals surface area contributed by atoms with E-state index in [1.54, 1.807) is 0 Å². The summed E-state index contributed by atoms with van der Waals surface area (Å²) in [4.78, 5) is 2.51. The molecule has 0 aliphatic rings. The van der Waals surface area contributed by atoms with Crippen LogP contribution < -0.4 is 4.90 Å². The van der Waals surface area contributed by atoms with Crippen molar-refractivity contribution in [3.05, 3.63) is 42.5 Å². The average molecular weight is 334 g/mol. The van der Waals surface area contributed by atoms with Crippen LogP contribution in [0.3, 0.4) is 0 Å². The van der Waals surface area contributed by atoms with E-state index in [1.807, 2.05) is 0 Å². The zero-order valence-corrected chi connectivity index (χ0v) is 14.1. The van der Waals surface area contributed by atoms with Crippen LogP contribution in [0, 0.1) is 5.92 Å². The normalized spacial score (nSPS) is 12.6. The summed E-state index contributed by atoms with van der Waals surface area (Å²) in [5.74, 6) is 0.776. The number of hydrogen-bond donors (Lipinski definition) is 0. The zero-order valence-electron chi connectivity index (χ0n) is 12.5. The van der Waals surface area contributed by atoms with Crippen LogP contribution in [0.5, 0.6) is 0 Å². The Hall–Kier alpha value is -1.02. The Morgan fingerprint density at radius 1 is 1.05 bits per heavy atom. The van der Waals surface area contributed by atoms with Crippen LogP contribution in [0.2, 0.25) is 0 Å². The van der Waals surface area contributed by atoms with Crippen molar-refractivity contribution >= 4 is 32.4 Å². The van der Waals surface area contributed by atoms with Gasteiger partial charge < -0.3 is 4.90 Å². The van der Waals surface area contributed by atoms with Crippen LogP contribution in [0.4, 0.5) is 5.69 Å². The predicted octanol–water partition coefficient (Wildman–Crippen LogP) is 5.48. The third-order valence-corrected chi connectivity index (χ3v) is 4.44. The second kappa shape index (κ2) is 7.68. The van der Waals surface area contributed by atoms with Gasteiger partial charge in [0.15, 0.2) is 0 Å². The van der Waals surface area contributed by atoms with Gasteiger partial charge in [0.25, 0.3) is 0 Å². The molecule has 0 bridgehead atoms. The smallest absolute Gasteiger partial charge is 0.0445 e. The van der Waals surface area contributed by atoms with E-state index in [2.05, 4.69) is 77.1 Å². The van der Waals surface area contributed by atoms with Crippen molar-refractivity contribution < 1.29 is 0 Å². The molecule has 0 aliphatic carbocycles. The van der Waals surface area contributed by atoms with E-state index in [1.165, 1.54) is 29.3 Å². The molecule has 1 nitrogen and oxygen atoms in total. The molecule has 0 aromatic heterocycles. The van der Waals surface area contributed by atoms with Crippen LogP contribution in [-0.4, -0.2) is 18.4 Å². The molecule has 2 heteroatoms. The zero-order chi connectivity index (χ0) is 14.4. The summed E-state index contributed by atoms with van der Waals surface area (Å²) in [6.45, 7) is 6.79. The van der Waals surface area contributed by atoms with Crippen molar-refractivity contribution in [1.29, 1.82) is 0 Å². The van der Waals surface area contributed by atoms with Gasteiger partial charge >= 0.3 is 0 Å². The van der Waals surface area contributed by atoms with Crippen LogP contribution in [0.1, 0.15) is 26.7 Å². The second-order valence-electron chi connectivity index (χ2n) is 5.45. The third kappa shape index (κ3) is 3.76. The highest BCUT2D eigenvalue weighted by Gasteiger charge is 2.10. The van der Waals surface area contributed by atoms with E-state index in [0.717, 1.165) is 24.3 Å². The maximum atomic E-state index is 3.54. The molecule has 1 atom stereocenters. The first-order valence-electron chi connectivity index (χ1n) is 7.55. The van der Waals surface area contributed by atoms with Crippen molar-refractivity contribution in [2.24, 2.45) is 5.92 Å². The number of rotatable bonds is 7. The van der Waals surface area contributed by atoms with Crippen molar-refractivity contribution in [2.45, 2.75) is 26.7 Å². The maximum absolute atomic E-state index is 3.54. The number of fused-ring (bicyclic) bond motifs is 1. The van der Waals surface area contributed by atoms with Gasteiger partial charge in [-0.15, -0.1) is 0 Å². The molecule has 0 saturated heterocycles. The quantitative estimate of drug-likeness (QED) is 0.606. The minimum Gasteiger partial charge on any atom is -0.371 e. The van der Waals surface area contributed by atoms with Crippen molar-refractivity contribution in [3.8, 4) is 0 Å². The third-order valence-electron chi connectivity index (χ3n) is 3.98. The standard InChI is InChI=1S/C18H24BrN/c1-3-20(14-12-15(2)11-13-19)18-10-6-8-16-7-4-5-9-17(16)18/h4-10,15H,3,11-14H2,1-2H3. The first-order valence-corrected chi connectivity index (χ1v) is 8.67. The van der Waals surface area contributed by atoms with Gasteiger partial charge in [-0.1, -0.05) is 59.3 Å². The number of benzene rings is 2. The van der Waals surface area contributed by atoms with Gasteiger partial charge in [0.1, 0.15) is 0 Å². The molecule has 20 heavy (non-hydrogen) atoms. The Bertz CT molecular complexity index is 532. The lowest BCUT2D eigenvalue weighted by atomic mass is 10.0. The van der Waals surface area contributed by atoms with E-state index in [9.17, 15) is 0 Å². The van der Waals surface area contributed by atoms with Crippen LogP contribution in [0.25, 0.3) is 10.8 Å². The fraction of sp³-hybridized carbons (Fsp3) is 0.444. The molecule has 0 fully saturated rings. The van der Waals surface area contributed by atoms with Gasteiger partial charge in [0.05, 0.1) is 0 Å². The largest absolute Gasteiger partial charge is 0.371 e. The van der Waals surface area contributed by atoms with E-state index >= 15 is 0 Å². The maximum Gasteiger partial charge on any atom is 0.0445 e. The number of halogens is 1. The summed E-state index contributed by atoms with van der Waals surface area (Å²) in [6, 6.07) is 15.3. The Morgan fingerprint density at radius 2 is 1.80 bits per heavy atom. The lowest BCUT2D eigenvalue weighted by Gasteiger charge is -2.26. The minimum absolute atomic E-state index is 0.776. The molecule has 0 heterocycles. The predicted molar refractivity (Wildman–Crippen MR) is 94.0 cm³/mol. The van der Waals surface area contributed by atoms with Crippen LogP contribution in [-0.2, 0) is 0 Å². The number of hydrogen-bond acceptors (Lipinski definition) is 1. The monoisotopic (exact) mass is 333 g/mol. The minimum atomic E-state index is 0.776. The molecule has 0 spiro atoms. The lowest BCUT2D eigenvalue weighted by molar-refractivity contribution is 0.518. The highest BCUT2D eigenvalue weighted by atomic mass is 79.9. The summed E-state index contributed by atoms with van der Waals surface area (Å²) >= 11 is 3.54. The molecular weight excluding hydrogens is 310 g/mol. The molecule has 0 N–H and O–H groups in total. The van der Waals surface area contributed by atoms with Crippen molar-refractivity contribution in [3.63, 3.8) is 0 Å². The summed E-state index contributed by atoms with van der Waals surface area (Å²) in [5.41, 5.74) is 1.37. The van der Waals surface area contributed by atoms with Crippen LogP contribution >= 0.6 is 15.9 Å². The molecule has 2 aromatic carbocycles. The van der Waals surface area contributed by atoms with E-state index in [4.69, 9.17) is 0 Å². The first-order chi connectivity index (χ1) is 9.76. The van der Waals surface area contributed by atoms with E-state index in [-0.39, 0.29) is 0 Å². The lowest BCUT2D eigenvalue weighted by Crippen LogP contribution is -2.25. The van der Waals surface area contributed by atoms with Crippen molar-refractivity contribution in [2.75, 3.05) is 23.3 Å². The van der Waals surface area contributed by atoms with Gasteiger partial charge in [0, 0.05) is 29.5 Å². The number of alkyl halides is 1. The SMILES string of the molecule is CCN(CCC(C)CCBr)c1cccc2ccccc12. The molecular formula is C18H24BrN. The fourth-order valence-corrected chi connectivity index (χ4v) is 3.42. The summed E-state index contributed by atoms with van der Waals surface area (Å²) in [6.07, 6.45) is 2.51. The Labute approximate surface area is 131 Å². The Morgan fingerprint density at radius 3 is 2.55 bits per heavy atom.